The van der Waals surface area contributed by atoms with Gasteiger partial charge in [-0.3, -0.25) is 4.79 Å². The summed E-state index contributed by atoms with van der Waals surface area (Å²) in [6, 6.07) is 9.51. The second-order valence-corrected chi connectivity index (χ2v) is 6.98. The van der Waals surface area contributed by atoms with Gasteiger partial charge in [0, 0.05) is 12.1 Å². The second kappa shape index (κ2) is 10.8. The molecule has 0 spiro atoms. The van der Waals surface area contributed by atoms with Crippen LogP contribution in [0.1, 0.15) is 39.0 Å². The summed E-state index contributed by atoms with van der Waals surface area (Å²) in [5.41, 5.74) is 0.777. The number of carbonyl (C=O) groups excluding carboxylic acids is 1. The van der Waals surface area contributed by atoms with Gasteiger partial charge in [-0.25, -0.2) is 0 Å². The molecule has 7 heteroatoms. The highest BCUT2D eigenvalue weighted by molar-refractivity contribution is 5.85. The Balaban J connectivity index is 0.00000364. The average Bonchev–Trinajstić information content (AvgIpc) is 3.06. The normalized spacial score (nSPS) is 10.8. The Hall–Kier alpha value is -2.18. The van der Waals surface area contributed by atoms with Crippen LogP contribution in [0.3, 0.4) is 0 Å². The van der Waals surface area contributed by atoms with Crippen molar-refractivity contribution < 1.29 is 18.7 Å². The molecule has 0 aliphatic rings. The average molecular weight is 397 g/mol. The minimum atomic E-state index is -0.285. The van der Waals surface area contributed by atoms with E-state index < -0.39 is 0 Å². The van der Waals surface area contributed by atoms with Crippen molar-refractivity contribution in [3.63, 3.8) is 0 Å². The lowest BCUT2D eigenvalue weighted by molar-refractivity contribution is -0.124. The van der Waals surface area contributed by atoms with E-state index in [1.165, 1.54) is 0 Å². The van der Waals surface area contributed by atoms with Crippen LogP contribution in [-0.2, 0) is 17.9 Å². The quantitative estimate of drug-likeness (QED) is 0.676. The Labute approximate surface area is 167 Å². The van der Waals surface area contributed by atoms with E-state index in [1.54, 1.807) is 6.26 Å². The zero-order valence-electron chi connectivity index (χ0n) is 16.3. The van der Waals surface area contributed by atoms with Crippen LogP contribution in [0.4, 0.5) is 0 Å². The number of rotatable bonds is 9. The van der Waals surface area contributed by atoms with Crippen LogP contribution in [0.25, 0.3) is 0 Å². The fourth-order valence-corrected chi connectivity index (χ4v) is 2.39. The lowest BCUT2D eigenvalue weighted by Crippen LogP contribution is -2.43. The van der Waals surface area contributed by atoms with Gasteiger partial charge < -0.3 is 24.5 Å². The van der Waals surface area contributed by atoms with E-state index >= 15 is 0 Å². The third kappa shape index (κ3) is 8.37. The van der Waals surface area contributed by atoms with Gasteiger partial charge in [-0.05, 0) is 57.5 Å². The maximum atomic E-state index is 11.9. The molecule has 1 heterocycles. The summed E-state index contributed by atoms with van der Waals surface area (Å²) in [5, 5.41) is 6.18. The van der Waals surface area contributed by atoms with E-state index in [0.717, 1.165) is 11.3 Å². The molecular formula is C20H29ClN2O4. The molecule has 1 amide bonds. The van der Waals surface area contributed by atoms with Gasteiger partial charge in [-0.15, -0.1) is 12.4 Å². The molecule has 0 fully saturated rings. The van der Waals surface area contributed by atoms with E-state index in [2.05, 4.69) is 10.6 Å². The van der Waals surface area contributed by atoms with Gasteiger partial charge in [0.15, 0.2) is 18.1 Å². The molecule has 2 aromatic rings. The number of carbonyl (C=O) groups is 1. The van der Waals surface area contributed by atoms with Gasteiger partial charge in [0.1, 0.15) is 5.76 Å². The summed E-state index contributed by atoms with van der Waals surface area (Å²) in [7, 11) is 0. The van der Waals surface area contributed by atoms with Crippen molar-refractivity contribution >= 4 is 18.3 Å². The molecule has 0 aliphatic carbocycles. The fraction of sp³-hybridized carbons (Fsp3) is 0.450. The van der Waals surface area contributed by atoms with Gasteiger partial charge in [0.25, 0.3) is 5.91 Å². The number of furan rings is 1. The molecule has 0 saturated carbocycles. The molecule has 0 radical (unpaired) electrons. The number of halogens is 1. The standard InChI is InChI=1S/C20H28N2O4.ClH/c1-5-24-18-11-15(12-21-13-16-7-6-10-25-16)8-9-17(18)26-14-19(23)22-20(2,3)4;/h6-11,21H,5,12-14H2,1-4H3,(H,22,23);1H. The zero-order valence-corrected chi connectivity index (χ0v) is 17.2. The Morgan fingerprint density at radius 1 is 1.11 bits per heavy atom. The summed E-state index contributed by atoms with van der Waals surface area (Å²) in [6.45, 7) is 9.51. The lowest BCUT2D eigenvalue weighted by atomic mass is 10.1. The van der Waals surface area contributed by atoms with Crippen LogP contribution in [0, 0.1) is 0 Å². The van der Waals surface area contributed by atoms with Crippen molar-refractivity contribution in [1.82, 2.24) is 10.6 Å². The van der Waals surface area contributed by atoms with Crippen molar-refractivity contribution in [2.75, 3.05) is 13.2 Å². The molecule has 2 rings (SSSR count). The summed E-state index contributed by atoms with van der Waals surface area (Å²) < 4.78 is 16.6. The van der Waals surface area contributed by atoms with Gasteiger partial charge in [0.2, 0.25) is 0 Å². The van der Waals surface area contributed by atoms with E-state index in [-0.39, 0.29) is 30.5 Å². The molecule has 150 valence electrons. The first kappa shape index (κ1) is 22.9. The Morgan fingerprint density at radius 3 is 2.52 bits per heavy atom. The number of benzene rings is 1. The molecule has 1 aromatic carbocycles. The topological polar surface area (TPSA) is 72.7 Å². The molecule has 1 aromatic heterocycles. The third-order valence-corrected chi connectivity index (χ3v) is 3.39. The maximum Gasteiger partial charge on any atom is 0.258 e. The van der Waals surface area contributed by atoms with Crippen molar-refractivity contribution in [1.29, 1.82) is 0 Å². The third-order valence-electron chi connectivity index (χ3n) is 3.39. The van der Waals surface area contributed by atoms with Crippen molar-refractivity contribution in [3.8, 4) is 11.5 Å². The molecule has 6 nitrogen and oxygen atoms in total. The number of hydrogen-bond donors (Lipinski definition) is 2. The van der Waals surface area contributed by atoms with Crippen LogP contribution in [0.2, 0.25) is 0 Å². The molecule has 0 atom stereocenters. The maximum absolute atomic E-state index is 11.9. The summed E-state index contributed by atoms with van der Waals surface area (Å²) in [6.07, 6.45) is 1.66. The molecule has 27 heavy (non-hydrogen) atoms. The van der Waals surface area contributed by atoms with E-state index in [0.29, 0.717) is 31.2 Å². The Bertz CT molecular complexity index is 697. The minimum Gasteiger partial charge on any atom is -0.490 e. The number of nitrogens with one attached hydrogen (secondary N) is 2. The smallest absolute Gasteiger partial charge is 0.258 e. The molecule has 0 unspecified atom stereocenters. The minimum absolute atomic E-state index is 0. The predicted molar refractivity (Wildman–Crippen MR) is 108 cm³/mol. The SMILES string of the molecule is CCOc1cc(CNCc2ccco2)ccc1OCC(=O)NC(C)(C)C.Cl. The first-order valence-corrected chi connectivity index (χ1v) is 8.80. The van der Waals surface area contributed by atoms with E-state index in [1.807, 2.05) is 58.0 Å². The number of amides is 1. The van der Waals surface area contributed by atoms with Crippen LogP contribution in [-0.4, -0.2) is 24.7 Å². The number of hydrogen-bond acceptors (Lipinski definition) is 5. The second-order valence-electron chi connectivity index (χ2n) is 6.98. The molecule has 0 aliphatic heterocycles. The summed E-state index contributed by atoms with van der Waals surface area (Å²) in [5.74, 6) is 1.92. The fourth-order valence-electron chi connectivity index (χ4n) is 2.39. The zero-order chi connectivity index (χ0) is 19.0. The van der Waals surface area contributed by atoms with Crippen LogP contribution >= 0.6 is 12.4 Å². The number of ether oxygens (including phenoxy) is 2. The van der Waals surface area contributed by atoms with Gasteiger partial charge in [0.05, 0.1) is 19.4 Å². The Morgan fingerprint density at radius 2 is 1.89 bits per heavy atom. The van der Waals surface area contributed by atoms with Crippen LogP contribution < -0.4 is 20.1 Å². The molecule has 2 N–H and O–H groups in total. The lowest BCUT2D eigenvalue weighted by Gasteiger charge is -2.21. The summed E-state index contributed by atoms with van der Waals surface area (Å²) in [4.78, 5) is 11.9. The molecule has 0 bridgehead atoms. The van der Waals surface area contributed by atoms with Gasteiger partial charge in [-0.1, -0.05) is 6.07 Å². The monoisotopic (exact) mass is 396 g/mol. The van der Waals surface area contributed by atoms with Crippen LogP contribution in [0.15, 0.2) is 41.0 Å². The van der Waals surface area contributed by atoms with Crippen molar-refractivity contribution in [3.05, 3.63) is 47.9 Å². The first-order chi connectivity index (χ1) is 12.4. The van der Waals surface area contributed by atoms with Crippen molar-refractivity contribution in [2.45, 2.75) is 46.3 Å². The first-order valence-electron chi connectivity index (χ1n) is 8.80. The summed E-state index contributed by atoms with van der Waals surface area (Å²) >= 11 is 0. The molecular weight excluding hydrogens is 368 g/mol. The predicted octanol–water partition coefficient (Wildman–Crippen LogP) is 3.68. The van der Waals surface area contributed by atoms with Crippen LogP contribution in [0.5, 0.6) is 11.5 Å². The molecule has 0 saturated heterocycles. The van der Waals surface area contributed by atoms with Crippen molar-refractivity contribution in [2.24, 2.45) is 0 Å². The van der Waals surface area contributed by atoms with Gasteiger partial charge in [-0.2, -0.15) is 0 Å². The van der Waals surface area contributed by atoms with E-state index in [9.17, 15) is 4.79 Å². The Kier molecular flexibility index (Phi) is 9.18. The highest BCUT2D eigenvalue weighted by Crippen LogP contribution is 2.28. The van der Waals surface area contributed by atoms with Gasteiger partial charge >= 0.3 is 0 Å². The highest BCUT2D eigenvalue weighted by atomic mass is 35.5. The highest BCUT2D eigenvalue weighted by Gasteiger charge is 2.15. The van der Waals surface area contributed by atoms with E-state index in [4.69, 9.17) is 13.9 Å². The largest absolute Gasteiger partial charge is 0.490 e.